The molecule has 2 fully saturated rings. The van der Waals surface area contributed by atoms with Crippen molar-refractivity contribution in [3.05, 3.63) is 29.3 Å². The highest BCUT2D eigenvalue weighted by Gasteiger charge is 2.29. The molecular formula is C19H24ClN7O2S. The van der Waals surface area contributed by atoms with Gasteiger partial charge in [-0.05, 0) is 48.4 Å². The van der Waals surface area contributed by atoms with Crippen LogP contribution in [0.25, 0.3) is 0 Å². The standard InChI is InChI=1S/C19H24ClN7O2S/c1-13(30-19-22-23-24-27(19)15-5-6-15)18(29)21-12-17(28)26-9-7-25(8-10-26)16-4-2-3-14(20)11-16/h2-4,11,13,15H,5-10,12H2,1H3,(H,21,29). The maximum atomic E-state index is 12.5. The van der Waals surface area contributed by atoms with Crippen LogP contribution in [0, 0.1) is 0 Å². The van der Waals surface area contributed by atoms with Crippen LogP contribution in [-0.4, -0.2) is 74.9 Å². The number of nitrogens with zero attached hydrogens (tertiary/aromatic N) is 6. The van der Waals surface area contributed by atoms with E-state index in [9.17, 15) is 9.59 Å². The van der Waals surface area contributed by atoms with Gasteiger partial charge >= 0.3 is 0 Å². The van der Waals surface area contributed by atoms with Gasteiger partial charge in [0.2, 0.25) is 17.0 Å². The zero-order valence-electron chi connectivity index (χ0n) is 16.7. The number of halogens is 1. The van der Waals surface area contributed by atoms with Gasteiger partial charge in [-0.2, -0.15) is 0 Å². The van der Waals surface area contributed by atoms with E-state index in [1.165, 1.54) is 11.8 Å². The Balaban J connectivity index is 1.21. The first-order valence-electron chi connectivity index (χ1n) is 10.0. The molecule has 0 radical (unpaired) electrons. The SMILES string of the molecule is CC(Sc1nnnn1C1CC1)C(=O)NCC(=O)N1CCN(c2cccc(Cl)c2)CC1. The van der Waals surface area contributed by atoms with Crippen molar-refractivity contribution in [1.82, 2.24) is 30.4 Å². The molecule has 1 N–H and O–H groups in total. The normalized spacial score (nSPS) is 17.7. The lowest BCUT2D eigenvalue weighted by Gasteiger charge is -2.36. The maximum Gasteiger partial charge on any atom is 0.242 e. The monoisotopic (exact) mass is 449 g/mol. The lowest BCUT2D eigenvalue weighted by molar-refractivity contribution is -0.132. The Morgan fingerprint density at radius 2 is 2.03 bits per heavy atom. The van der Waals surface area contributed by atoms with Crippen molar-refractivity contribution in [2.24, 2.45) is 0 Å². The Hall–Kier alpha value is -2.33. The highest BCUT2D eigenvalue weighted by molar-refractivity contribution is 8.00. The van der Waals surface area contributed by atoms with Gasteiger partial charge in [0.15, 0.2) is 0 Å². The molecule has 1 aliphatic carbocycles. The Morgan fingerprint density at radius 1 is 1.27 bits per heavy atom. The van der Waals surface area contributed by atoms with E-state index in [1.807, 2.05) is 24.3 Å². The first-order valence-corrected chi connectivity index (χ1v) is 11.3. The summed E-state index contributed by atoms with van der Waals surface area (Å²) in [6.07, 6.45) is 2.14. The number of amides is 2. The van der Waals surface area contributed by atoms with Gasteiger partial charge < -0.3 is 15.1 Å². The third-order valence-electron chi connectivity index (χ3n) is 5.23. The van der Waals surface area contributed by atoms with E-state index < -0.39 is 0 Å². The molecule has 1 unspecified atom stereocenters. The van der Waals surface area contributed by atoms with Crippen LogP contribution in [0.2, 0.25) is 5.02 Å². The van der Waals surface area contributed by atoms with Crippen LogP contribution >= 0.6 is 23.4 Å². The third kappa shape index (κ3) is 5.04. The smallest absolute Gasteiger partial charge is 0.242 e. The second kappa shape index (κ2) is 9.22. The summed E-state index contributed by atoms with van der Waals surface area (Å²) in [5, 5.41) is 15.4. The van der Waals surface area contributed by atoms with Crippen molar-refractivity contribution in [2.45, 2.75) is 36.2 Å². The van der Waals surface area contributed by atoms with E-state index in [-0.39, 0.29) is 23.6 Å². The maximum absolute atomic E-state index is 12.5. The molecule has 0 bridgehead atoms. The first kappa shape index (κ1) is 20.9. The van der Waals surface area contributed by atoms with E-state index in [1.54, 1.807) is 16.5 Å². The number of carbonyl (C=O) groups excluding carboxylic acids is 2. The van der Waals surface area contributed by atoms with Gasteiger partial charge in [-0.3, -0.25) is 9.59 Å². The second-order valence-corrected chi connectivity index (χ2v) is 9.21. The van der Waals surface area contributed by atoms with E-state index in [4.69, 9.17) is 11.6 Å². The van der Waals surface area contributed by atoms with Crippen LogP contribution in [0.15, 0.2) is 29.4 Å². The minimum Gasteiger partial charge on any atom is -0.368 e. The summed E-state index contributed by atoms with van der Waals surface area (Å²) in [4.78, 5) is 28.9. The molecule has 4 rings (SSSR count). The lowest BCUT2D eigenvalue weighted by Crippen LogP contribution is -2.51. The number of hydrogen-bond donors (Lipinski definition) is 1. The van der Waals surface area contributed by atoms with Crippen LogP contribution in [0.4, 0.5) is 5.69 Å². The number of thioether (sulfide) groups is 1. The van der Waals surface area contributed by atoms with Crippen LogP contribution < -0.4 is 10.2 Å². The number of piperazine rings is 1. The molecule has 160 valence electrons. The molecule has 2 aromatic rings. The van der Waals surface area contributed by atoms with Gasteiger partial charge in [-0.1, -0.05) is 29.4 Å². The quantitative estimate of drug-likeness (QED) is 0.641. The molecule has 2 aliphatic rings. The van der Waals surface area contributed by atoms with Crippen molar-refractivity contribution < 1.29 is 9.59 Å². The number of tetrazole rings is 1. The molecule has 11 heteroatoms. The average molecular weight is 450 g/mol. The van der Waals surface area contributed by atoms with Gasteiger partial charge in [0.25, 0.3) is 0 Å². The van der Waals surface area contributed by atoms with Gasteiger partial charge in [0, 0.05) is 36.9 Å². The summed E-state index contributed by atoms with van der Waals surface area (Å²) in [6, 6.07) is 8.07. The topological polar surface area (TPSA) is 96.2 Å². The fourth-order valence-electron chi connectivity index (χ4n) is 3.33. The zero-order chi connectivity index (χ0) is 21.1. The minimum atomic E-state index is -0.388. The summed E-state index contributed by atoms with van der Waals surface area (Å²) in [7, 11) is 0. The number of anilines is 1. The second-order valence-electron chi connectivity index (χ2n) is 7.46. The summed E-state index contributed by atoms with van der Waals surface area (Å²) in [5.74, 6) is -0.273. The average Bonchev–Trinajstić information content (AvgIpc) is 3.50. The molecule has 1 atom stereocenters. The number of carbonyl (C=O) groups is 2. The summed E-state index contributed by atoms with van der Waals surface area (Å²) >= 11 is 7.38. The Morgan fingerprint density at radius 3 is 2.73 bits per heavy atom. The number of benzene rings is 1. The van der Waals surface area contributed by atoms with Gasteiger partial charge in [-0.25, -0.2) is 4.68 Å². The minimum absolute atomic E-state index is 0.00549. The molecule has 1 saturated heterocycles. The fraction of sp³-hybridized carbons (Fsp3) is 0.526. The number of aromatic nitrogens is 4. The van der Waals surface area contributed by atoms with Crippen molar-refractivity contribution >= 4 is 40.9 Å². The van der Waals surface area contributed by atoms with Gasteiger partial charge in [0.1, 0.15) is 0 Å². The first-order chi connectivity index (χ1) is 14.5. The number of nitrogens with one attached hydrogen (secondary N) is 1. The number of rotatable bonds is 7. The zero-order valence-corrected chi connectivity index (χ0v) is 18.3. The molecule has 2 heterocycles. The summed E-state index contributed by atoms with van der Waals surface area (Å²) in [5.41, 5.74) is 1.06. The van der Waals surface area contributed by atoms with E-state index in [2.05, 4.69) is 25.7 Å². The predicted octanol–water partition coefficient (Wildman–Crippen LogP) is 1.61. The van der Waals surface area contributed by atoms with Crippen LogP contribution in [0.5, 0.6) is 0 Å². The van der Waals surface area contributed by atoms with Gasteiger partial charge in [-0.15, -0.1) is 5.10 Å². The van der Waals surface area contributed by atoms with Crippen molar-refractivity contribution in [2.75, 3.05) is 37.6 Å². The molecule has 2 amide bonds. The highest BCUT2D eigenvalue weighted by atomic mass is 35.5. The predicted molar refractivity (Wildman–Crippen MR) is 115 cm³/mol. The van der Waals surface area contributed by atoms with Crippen molar-refractivity contribution in [3.8, 4) is 0 Å². The van der Waals surface area contributed by atoms with E-state index in [0.29, 0.717) is 29.3 Å². The molecule has 9 nitrogen and oxygen atoms in total. The molecular weight excluding hydrogens is 426 g/mol. The number of hydrogen-bond acceptors (Lipinski definition) is 7. The third-order valence-corrected chi connectivity index (χ3v) is 6.51. The fourth-order valence-corrected chi connectivity index (χ4v) is 4.40. The molecule has 1 aromatic heterocycles. The Bertz CT molecular complexity index is 912. The summed E-state index contributed by atoms with van der Waals surface area (Å²) in [6.45, 7) is 4.48. The van der Waals surface area contributed by atoms with E-state index >= 15 is 0 Å². The molecule has 1 saturated carbocycles. The van der Waals surface area contributed by atoms with E-state index in [0.717, 1.165) is 31.6 Å². The van der Waals surface area contributed by atoms with Crippen molar-refractivity contribution in [3.63, 3.8) is 0 Å². The highest BCUT2D eigenvalue weighted by Crippen LogP contribution is 2.37. The van der Waals surface area contributed by atoms with Crippen LogP contribution in [0.3, 0.4) is 0 Å². The summed E-state index contributed by atoms with van der Waals surface area (Å²) < 4.78 is 1.78. The molecule has 1 aromatic carbocycles. The molecule has 0 spiro atoms. The lowest BCUT2D eigenvalue weighted by atomic mass is 10.2. The Kier molecular flexibility index (Phi) is 6.43. The molecule has 1 aliphatic heterocycles. The van der Waals surface area contributed by atoms with Crippen LogP contribution in [-0.2, 0) is 9.59 Å². The van der Waals surface area contributed by atoms with Crippen LogP contribution in [0.1, 0.15) is 25.8 Å². The van der Waals surface area contributed by atoms with Crippen molar-refractivity contribution in [1.29, 1.82) is 0 Å². The molecule has 30 heavy (non-hydrogen) atoms. The van der Waals surface area contributed by atoms with Gasteiger partial charge in [0.05, 0.1) is 17.8 Å². The largest absolute Gasteiger partial charge is 0.368 e. The Labute approximate surface area is 184 Å².